The molecule has 4 heterocycles. The molecule has 0 radical (unpaired) electrons. The number of nitrogens with zero attached hydrogens (tertiary/aromatic N) is 3. The summed E-state index contributed by atoms with van der Waals surface area (Å²) in [5, 5.41) is 33.9. The number of morpholine rings is 1. The zero-order chi connectivity index (χ0) is 29.1. The van der Waals surface area contributed by atoms with Gasteiger partial charge in [-0.25, -0.2) is 0 Å². The summed E-state index contributed by atoms with van der Waals surface area (Å²) in [7, 11) is 2.99. The van der Waals surface area contributed by atoms with Gasteiger partial charge in [0, 0.05) is 36.5 Å². The normalized spacial score (nSPS) is 33.0. The molecule has 2 aromatic carbocycles. The maximum Gasteiger partial charge on any atom is 0.226 e. The first kappa shape index (κ1) is 27.1. The molecule has 7 rings (SSSR count). The fourth-order valence-corrected chi connectivity index (χ4v) is 8.14. The van der Waals surface area contributed by atoms with Gasteiger partial charge in [0.15, 0.2) is 11.2 Å². The third-order valence-electron chi connectivity index (χ3n) is 9.85. The van der Waals surface area contributed by atoms with Crippen LogP contribution in [0.15, 0.2) is 60.7 Å². The predicted molar refractivity (Wildman–Crippen MR) is 150 cm³/mol. The molecule has 2 bridgehead atoms. The maximum absolute atomic E-state index is 13.3. The summed E-state index contributed by atoms with van der Waals surface area (Å²) in [5.41, 5.74) is 1.73. The minimum Gasteiger partial charge on any atom is -0.481 e. The van der Waals surface area contributed by atoms with E-state index in [2.05, 4.69) is 21.4 Å². The molecule has 1 saturated carbocycles. The van der Waals surface area contributed by atoms with Crippen LogP contribution in [0.4, 0.5) is 0 Å². The fourth-order valence-electron chi connectivity index (χ4n) is 8.14. The number of pyridine rings is 1. The van der Waals surface area contributed by atoms with Crippen molar-refractivity contribution in [3.05, 3.63) is 82.9 Å². The van der Waals surface area contributed by atoms with Crippen LogP contribution in [0.25, 0.3) is 0 Å². The molecule has 7 atom stereocenters. The monoisotopic (exact) mass is 570 g/mol. The standard InChI is InChI=1S/C32H34N4O6/c1-39-26-14-25-28(30(34-26)40-2)31(37)29(35-38)24(16-36-22-12-13-23(36)18-41-17-22)27(20-6-4-3-5-7-20)32(31,42-25)21-10-8-19(15-33)9-11-21/h3-11,14,22-24,27,29,35,37-38H,12-13,16-18H2,1-2H3/t22-,23+,24-,27-,29-,31+,32+/m1/s1. The molecule has 3 fully saturated rings. The molecule has 3 aliphatic heterocycles. The molecule has 42 heavy (non-hydrogen) atoms. The topological polar surface area (TPSA) is 129 Å². The van der Waals surface area contributed by atoms with Crippen molar-refractivity contribution >= 4 is 0 Å². The lowest BCUT2D eigenvalue weighted by Gasteiger charge is -2.42. The zero-order valence-corrected chi connectivity index (χ0v) is 23.6. The molecule has 1 aromatic heterocycles. The first-order chi connectivity index (χ1) is 20.5. The fraction of sp³-hybridized carbons (Fsp3) is 0.438. The van der Waals surface area contributed by atoms with Gasteiger partial charge in [-0.1, -0.05) is 42.5 Å². The number of aromatic nitrogens is 1. The van der Waals surface area contributed by atoms with Crippen molar-refractivity contribution in [2.45, 2.75) is 48.1 Å². The number of hydrogen-bond donors (Lipinski definition) is 3. The Labute approximate surface area is 244 Å². The summed E-state index contributed by atoms with van der Waals surface area (Å²) in [5.74, 6) is 0.0272. The Hall–Kier alpha value is -3.72. The molecule has 218 valence electrons. The first-order valence-corrected chi connectivity index (χ1v) is 14.3. The highest BCUT2D eigenvalue weighted by Crippen LogP contribution is 2.70. The lowest BCUT2D eigenvalue weighted by atomic mass is 9.70. The van der Waals surface area contributed by atoms with Crippen LogP contribution >= 0.6 is 0 Å². The Kier molecular flexibility index (Phi) is 6.60. The van der Waals surface area contributed by atoms with E-state index >= 15 is 0 Å². The van der Waals surface area contributed by atoms with Gasteiger partial charge in [0.2, 0.25) is 11.8 Å². The second kappa shape index (κ2) is 10.2. The third kappa shape index (κ3) is 3.65. The summed E-state index contributed by atoms with van der Waals surface area (Å²) < 4.78 is 24.1. The van der Waals surface area contributed by atoms with Gasteiger partial charge in [-0.05, 0) is 36.1 Å². The quantitative estimate of drug-likeness (QED) is 0.365. The highest BCUT2D eigenvalue weighted by molar-refractivity contribution is 5.60. The van der Waals surface area contributed by atoms with E-state index in [1.54, 1.807) is 18.2 Å². The van der Waals surface area contributed by atoms with Gasteiger partial charge >= 0.3 is 0 Å². The molecule has 3 aromatic rings. The number of rotatable bonds is 7. The van der Waals surface area contributed by atoms with Crippen molar-refractivity contribution in [2.75, 3.05) is 34.0 Å². The lowest BCUT2D eigenvalue weighted by molar-refractivity contribution is -0.133. The second-order valence-electron chi connectivity index (χ2n) is 11.6. The van der Waals surface area contributed by atoms with Gasteiger partial charge in [-0.3, -0.25) is 4.90 Å². The molecule has 0 amide bonds. The molecule has 0 unspecified atom stereocenters. The summed E-state index contributed by atoms with van der Waals surface area (Å²) in [4.78, 5) is 7.00. The molecule has 1 aliphatic carbocycles. The van der Waals surface area contributed by atoms with Crippen LogP contribution in [0.2, 0.25) is 0 Å². The van der Waals surface area contributed by atoms with E-state index in [1.807, 2.05) is 42.5 Å². The first-order valence-electron chi connectivity index (χ1n) is 14.3. The highest BCUT2D eigenvalue weighted by atomic mass is 16.5. The van der Waals surface area contributed by atoms with Gasteiger partial charge in [0.05, 0.1) is 50.7 Å². The molecule has 10 nitrogen and oxygen atoms in total. The number of methoxy groups -OCH3 is 2. The Morgan fingerprint density at radius 3 is 2.40 bits per heavy atom. The van der Waals surface area contributed by atoms with E-state index < -0.39 is 23.2 Å². The van der Waals surface area contributed by atoms with Crippen LogP contribution in [0.3, 0.4) is 0 Å². The number of aliphatic hydroxyl groups is 1. The predicted octanol–water partition coefficient (Wildman–Crippen LogP) is 3.07. The number of fused-ring (bicyclic) bond motifs is 5. The smallest absolute Gasteiger partial charge is 0.226 e. The summed E-state index contributed by atoms with van der Waals surface area (Å²) in [6, 6.07) is 20.6. The van der Waals surface area contributed by atoms with Crippen molar-refractivity contribution in [2.24, 2.45) is 5.92 Å². The Bertz CT molecular complexity index is 1500. The highest BCUT2D eigenvalue weighted by Gasteiger charge is 2.77. The van der Waals surface area contributed by atoms with E-state index in [0.29, 0.717) is 42.2 Å². The Morgan fingerprint density at radius 1 is 1.07 bits per heavy atom. The maximum atomic E-state index is 13.3. The van der Waals surface area contributed by atoms with Crippen LogP contribution in [0.5, 0.6) is 17.5 Å². The summed E-state index contributed by atoms with van der Waals surface area (Å²) in [6.07, 6.45) is 2.10. The van der Waals surface area contributed by atoms with Crippen LogP contribution in [0, 0.1) is 17.2 Å². The largest absolute Gasteiger partial charge is 0.481 e. The van der Waals surface area contributed by atoms with Gasteiger partial charge in [0.1, 0.15) is 5.75 Å². The molecule has 3 N–H and O–H groups in total. The van der Waals surface area contributed by atoms with Crippen LogP contribution in [-0.2, 0) is 15.9 Å². The van der Waals surface area contributed by atoms with Crippen LogP contribution < -0.4 is 19.7 Å². The molecular formula is C32H34N4O6. The lowest BCUT2D eigenvalue weighted by Crippen LogP contribution is -2.56. The molecular weight excluding hydrogens is 536 g/mol. The van der Waals surface area contributed by atoms with Gasteiger partial charge < -0.3 is 29.3 Å². The average molecular weight is 571 g/mol. The van der Waals surface area contributed by atoms with Crippen molar-refractivity contribution in [3.63, 3.8) is 0 Å². The Balaban J connectivity index is 1.50. The number of benzene rings is 2. The number of nitriles is 1. The van der Waals surface area contributed by atoms with Gasteiger partial charge in [0.25, 0.3) is 0 Å². The van der Waals surface area contributed by atoms with Gasteiger partial charge in [-0.2, -0.15) is 15.7 Å². The summed E-state index contributed by atoms with van der Waals surface area (Å²) in [6.45, 7) is 1.93. The van der Waals surface area contributed by atoms with E-state index in [-0.39, 0.29) is 29.8 Å². The zero-order valence-electron chi connectivity index (χ0n) is 23.6. The van der Waals surface area contributed by atoms with Crippen LogP contribution in [-0.4, -0.2) is 72.3 Å². The third-order valence-corrected chi connectivity index (χ3v) is 9.85. The number of hydrogen-bond acceptors (Lipinski definition) is 10. The van der Waals surface area contributed by atoms with Crippen molar-refractivity contribution < 1.29 is 29.3 Å². The molecule has 10 heteroatoms. The van der Waals surface area contributed by atoms with Crippen molar-refractivity contribution in [1.82, 2.24) is 15.4 Å². The minimum atomic E-state index is -1.84. The van der Waals surface area contributed by atoms with Gasteiger partial charge in [-0.15, -0.1) is 0 Å². The van der Waals surface area contributed by atoms with Crippen LogP contribution in [0.1, 0.15) is 41.0 Å². The summed E-state index contributed by atoms with van der Waals surface area (Å²) >= 11 is 0. The minimum absolute atomic E-state index is 0.154. The molecule has 2 saturated heterocycles. The van der Waals surface area contributed by atoms with Crippen molar-refractivity contribution in [1.29, 1.82) is 5.26 Å². The SMILES string of the molecule is COc1cc2c(c(OC)n1)[C@]1(O)[C@H](NO)[C@H](CN3[C@@H]4CC[C@H]3COC4)[C@@H](c3ccccc3)[C@]1(c1ccc(C#N)cc1)O2. The van der Waals surface area contributed by atoms with E-state index in [1.165, 1.54) is 14.2 Å². The average Bonchev–Trinajstić information content (AvgIpc) is 3.50. The molecule has 4 aliphatic rings. The Morgan fingerprint density at radius 2 is 1.79 bits per heavy atom. The van der Waals surface area contributed by atoms with E-state index in [9.17, 15) is 15.6 Å². The molecule has 0 spiro atoms. The van der Waals surface area contributed by atoms with Crippen molar-refractivity contribution in [3.8, 4) is 23.6 Å². The van der Waals surface area contributed by atoms with E-state index in [0.717, 1.165) is 18.4 Å². The second-order valence-corrected chi connectivity index (χ2v) is 11.6. The number of nitrogens with one attached hydrogen (secondary N) is 1. The number of hydroxylamine groups is 1. The number of ether oxygens (including phenoxy) is 4. The van der Waals surface area contributed by atoms with E-state index in [4.69, 9.17) is 18.9 Å².